The molecule has 0 atom stereocenters. The molecule has 0 spiro atoms. The highest BCUT2D eigenvalue weighted by molar-refractivity contribution is 8.07. The molecule has 0 heterocycles. The highest BCUT2D eigenvalue weighted by Crippen LogP contribution is 2.16. The minimum absolute atomic E-state index is 0.0429. The van der Waals surface area contributed by atoms with E-state index in [1.165, 1.54) is 94.5 Å². The number of unbranched alkanes of at least 4 members (excludes halogenated alkanes) is 12. The zero-order valence-electron chi connectivity index (χ0n) is 19.1. The Morgan fingerprint density at radius 2 is 1.20 bits per heavy atom. The van der Waals surface area contributed by atoms with Gasteiger partial charge in [-0.1, -0.05) is 90.9 Å². The number of phenolic OH excluding ortho intramolecular Hbond substituents is 2. The fourth-order valence-corrected chi connectivity index (χ4v) is 4.32. The van der Waals surface area contributed by atoms with Gasteiger partial charge in [0, 0.05) is 11.6 Å². The highest BCUT2D eigenvalue weighted by atomic mass is 32.2. The van der Waals surface area contributed by atoms with Crippen LogP contribution < -0.4 is 16.2 Å². The van der Waals surface area contributed by atoms with Crippen molar-refractivity contribution in [3.05, 3.63) is 22.6 Å². The van der Waals surface area contributed by atoms with Crippen molar-refractivity contribution in [2.75, 3.05) is 5.75 Å². The fourth-order valence-electron chi connectivity index (χ4n) is 3.72. The van der Waals surface area contributed by atoms with Crippen molar-refractivity contribution in [3.8, 4) is 11.5 Å². The number of thioether (sulfide) groups is 1. The molecule has 0 aromatic heterocycles. The molecule has 0 radical (unpaired) electrons. The van der Waals surface area contributed by atoms with Crippen LogP contribution in [-0.4, -0.2) is 21.1 Å². The predicted octanol–water partition coefficient (Wildman–Crippen LogP) is 6.02. The first-order valence-corrected chi connectivity index (χ1v) is 12.9. The van der Waals surface area contributed by atoms with Gasteiger partial charge in [-0.25, -0.2) is 0 Å². The Balaban J connectivity index is 2.31. The van der Waals surface area contributed by atoms with Crippen molar-refractivity contribution in [2.45, 2.75) is 104 Å². The summed E-state index contributed by atoms with van der Waals surface area (Å²) in [7, 11) is 0. The summed E-state index contributed by atoms with van der Waals surface area (Å²) in [5.41, 5.74) is 5.95. The second kappa shape index (κ2) is 16.2. The van der Waals surface area contributed by atoms with Crippen LogP contribution in [0.25, 0.3) is 10.8 Å². The van der Waals surface area contributed by atoms with Crippen molar-refractivity contribution in [2.24, 2.45) is 5.73 Å². The Kier molecular flexibility index (Phi) is 14.4. The molecule has 0 bridgehead atoms. The van der Waals surface area contributed by atoms with Gasteiger partial charge in [0.1, 0.15) is 17.3 Å². The summed E-state index contributed by atoms with van der Waals surface area (Å²) in [6.07, 6.45) is 17.0. The van der Waals surface area contributed by atoms with Gasteiger partial charge in [-0.15, -0.1) is 11.8 Å². The summed E-state index contributed by atoms with van der Waals surface area (Å²) >= 11 is 1.45. The van der Waals surface area contributed by atoms with Crippen LogP contribution in [0.3, 0.4) is 0 Å². The Labute approximate surface area is 187 Å². The molecule has 0 saturated heterocycles. The molecule has 0 unspecified atom stereocenters. The molecular weight excluding hydrogens is 394 g/mol. The maximum atomic E-state index is 10.3. The van der Waals surface area contributed by atoms with Crippen LogP contribution in [0, 0.1) is 0 Å². The normalized spacial score (nSPS) is 11.0. The monoisotopic (exact) mass is 437 g/mol. The van der Waals surface area contributed by atoms with Gasteiger partial charge in [0.25, 0.3) is 0 Å². The Hall–Kier alpha value is -1.49. The second-order valence-corrected chi connectivity index (χ2v) is 9.43. The average molecular weight is 438 g/mol. The van der Waals surface area contributed by atoms with Crippen LogP contribution in [-0.2, 0) is 0 Å². The minimum atomic E-state index is -0.128. The molecule has 0 amide bonds. The molecular formula is C25H43NO3S. The molecule has 0 saturated carbocycles. The first-order chi connectivity index (χ1) is 14.5. The lowest BCUT2D eigenvalue weighted by Crippen LogP contribution is -2.17. The maximum Gasteiger partial charge on any atom is 0.130 e. The summed E-state index contributed by atoms with van der Waals surface area (Å²) in [4.78, 5) is 0. The number of hydrogen-bond donors (Lipinski definition) is 4. The van der Waals surface area contributed by atoms with Crippen LogP contribution in [0.4, 0.5) is 0 Å². The highest BCUT2D eigenvalue weighted by Gasteiger charge is 2.08. The van der Waals surface area contributed by atoms with Crippen LogP contribution in [0.15, 0.2) is 12.1 Å². The topological polar surface area (TPSA) is 86.7 Å². The van der Waals surface area contributed by atoms with Gasteiger partial charge >= 0.3 is 0 Å². The summed E-state index contributed by atoms with van der Waals surface area (Å²) in [6.45, 7) is 4.24. The molecule has 1 aromatic carbocycles. The van der Waals surface area contributed by atoms with E-state index in [1.807, 2.05) is 6.92 Å². The number of aliphatic hydroxyl groups excluding tert-OH is 1. The van der Waals surface area contributed by atoms with E-state index in [-0.39, 0.29) is 22.5 Å². The SMILES string of the molecule is CCCCCCCCCCCCCCCC(O)=c1c(O)cc(=C(N)SCC)cc1O. The van der Waals surface area contributed by atoms with Crippen molar-refractivity contribution in [1.29, 1.82) is 0 Å². The first-order valence-electron chi connectivity index (χ1n) is 11.9. The van der Waals surface area contributed by atoms with Gasteiger partial charge in [-0.05, 0) is 24.3 Å². The third-order valence-electron chi connectivity index (χ3n) is 5.49. The quantitative estimate of drug-likeness (QED) is 0.237. The molecule has 0 aliphatic heterocycles. The van der Waals surface area contributed by atoms with Crippen LogP contribution in [0.1, 0.15) is 104 Å². The van der Waals surface area contributed by atoms with Crippen LogP contribution in [0.2, 0.25) is 0 Å². The fraction of sp³-hybridized carbons (Fsp3) is 0.680. The minimum Gasteiger partial charge on any atom is -0.511 e. The summed E-state index contributed by atoms with van der Waals surface area (Å²) in [5.74, 6) is 0.598. The van der Waals surface area contributed by atoms with E-state index in [9.17, 15) is 15.3 Å². The number of benzene rings is 1. The number of aliphatic hydroxyl groups is 1. The van der Waals surface area contributed by atoms with Gasteiger partial charge in [-0.2, -0.15) is 0 Å². The molecule has 5 heteroatoms. The van der Waals surface area contributed by atoms with Gasteiger partial charge in [0.2, 0.25) is 0 Å². The van der Waals surface area contributed by atoms with E-state index in [4.69, 9.17) is 5.73 Å². The zero-order valence-corrected chi connectivity index (χ0v) is 19.9. The zero-order chi connectivity index (χ0) is 22.2. The third kappa shape index (κ3) is 10.5. The Bertz CT molecular complexity index is 689. The van der Waals surface area contributed by atoms with E-state index in [1.54, 1.807) is 0 Å². The van der Waals surface area contributed by atoms with E-state index < -0.39 is 0 Å². The van der Waals surface area contributed by atoms with Crippen molar-refractivity contribution in [1.82, 2.24) is 0 Å². The predicted molar refractivity (Wildman–Crippen MR) is 131 cm³/mol. The van der Waals surface area contributed by atoms with Gasteiger partial charge in [0.05, 0.1) is 10.2 Å². The van der Waals surface area contributed by atoms with E-state index in [0.717, 1.165) is 18.6 Å². The van der Waals surface area contributed by atoms with Crippen LogP contribution >= 0.6 is 11.8 Å². The smallest absolute Gasteiger partial charge is 0.130 e. The summed E-state index contributed by atoms with van der Waals surface area (Å²) in [5, 5.41) is 32.1. The number of hydrogen-bond acceptors (Lipinski definition) is 5. The summed E-state index contributed by atoms with van der Waals surface area (Å²) < 4.78 is 0. The lowest BCUT2D eigenvalue weighted by molar-refractivity contribution is 0.421. The van der Waals surface area contributed by atoms with Crippen molar-refractivity contribution >= 4 is 22.6 Å². The molecule has 4 nitrogen and oxygen atoms in total. The molecule has 5 N–H and O–H groups in total. The van der Waals surface area contributed by atoms with Gasteiger partial charge in [0.15, 0.2) is 0 Å². The van der Waals surface area contributed by atoms with Crippen LogP contribution in [0.5, 0.6) is 11.5 Å². The number of rotatable bonds is 16. The van der Waals surface area contributed by atoms with E-state index in [0.29, 0.717) is 16.7 Å². The number of nitrogens with two attached hydrogens (primary N) is 1. The lowest BCUT2D eigenvalue weighted by atomic mass is 10.0. The number of phenols is 2. The lowest BCUT2D eigenvalue weighted by Gasteiger charge is -2.06. The molecule has 30 heavy (non-hydrogen) atoms. The Morgan fingerprint density at radius 3 is 1.63 bits per heavy atom. The molecule has 1 rings (SSSR count). The Morgan fingerprint density at radius 1 is 0.767 bits per heavy atom. The standard InChI is InChI=1S/C25H43NO3S/c1-3-5-6-7-8-9-10-11-12-13-14-15-16-17-21(27)24-22(28)18-20(19-23(24)29)25(26)30-4-2/h18-19,27-29H,3-17,26H2,1-2H3. The average Bonchev–Trinajstić information content (AvgIpc) is 2.71. The third-order valence-corrected chi connectivity index (χ3v) is 6.32. The van der Waals surface area contributed by atoms with Gasteiger partial charge in [-0.3, -0.25) is 0 Å². The molecule has 0 aliphatic carbocycles. The largest absolute Gasteiger partial charge is 0.511 e. The van der Waals surface area contributed by atoms with Gasteiger partial charge < -0.3 is 21.1 Å². The van der Waals surface area contributed by atoms with E-state index >= 15 is 0 Å². The summed E-state index contributed by atoms with van der Waals surface area (Å²) in [6, 6.07) is 3.01. The second-order valence-electron chi connectivity index (χ2n) is 8.13. The molecule has 0 aliphatic rings. The molecule has 0 fully saturated rings. The first kappa shape index (κ1) is 26.5. The molecule has 1 aromatic rings. The van der Waals surface area contributed by atoms with Crippen molar-refractivity contribution < 1.29 is 15.3 Å². The number of aromatic hydroxyl groups is 2. The van der Waals surface area contributed by atoms with E-state index in [2.05, 4.69) is 6.92 Å². The molecule has 172 valence electrons. The van der Waals surface area contributed by atoms with Crippen molar-refractivity contribution in [3.63, 3.8) is 0 Å². The maximum absolute atomic E-state index is 10.3.